The summed E-state index contributed by atoms with van der Waals surface area (Å²) < 4.78 is 29.9. The van der Waals surface area contributed by atoms with E-state index in [-0.39, 0.29) is 10.9 Å². The molecule has 2 rings (SSSR count). The van der Waals surface area contributed by atoms with Gasteiger partial charge in [-0.05, 0) is 13.8 Å². The van der Waals surface area contributed by atoms with Crippen molar-refractivity contribution in [1.29, 1.82) is 0 Å². The van der Waals surface area contributed by atoms with Gasteiger partial charge in [0.1, 0.15) is 0 Å². The highest BCUT2D eigenvalue weighted by Gasteiger charge is 2.67. The van der Waals surface area contributed by atoms with E-state index in [4.69, 9.17) is 4.74 Å². The van der Waals surface area contributed by atoms with Crippen molar-refractivity contribution in [2.45, 2.75) is 49.2 Å². The molecule has 0 aromatic rings. The first-order valence-corrected chi connectivity index (χ1v) is 11.8. The zero-order chi connectivity index (χ0) is 13.8. The van der Waals surface area contributed by atoms with Crippen LogP contribution in [0.1, 0.15) is 13.8 Å². The molecule has 0 radical (unpaired) electrons. The first kappa shape index (κ1) is 14.5. The Hall–Kier alpha value is 0.0869. The maximum Gasteiger partial charge on any atom is 0.158 e. The zero-order valence-electron chi connectivity index (χ0n) is 12.1. The van der Waals surface area contributed by atoms with Crippen molar-refractivity contribution in [2.75, 3.05) is 26.3 Å². The van der Waals surface area contributed by atoms with Crippen molar-refractivity contribution in [3.05, 3.63) is 0 Å². The Labute approximate surface area is 112 Å². The highest BCUT2D eigenvalue weighted by molar-refractivity contribution is 7.97. The molecule has 2 aliphatic rings. The molecule has 2 heterocycles. The van der Waals surface area contributed by atoms with Crippen molar-refractivity contribution < 1.29 is 13.2 Å². The Morgan fingerprint density at radius 1 is 1.17 bits per heavy atom. The molecule has 0 N–H and O–H groups in total. The molecule has 106 valence electrons. The van der Waals surface area contributed by atoms with Crippen LogP contribution in [0.15, 0.2) is 0 Å². The van der Waals surface area contributed by atoms with Crippen molar-refractivity contribution in [3.63, 3.8) is 0 Å². The van der Waals surface area contributed by atoms with Crippen molar-refractivity contribution in [2.24, 2.45) is 0 Å². The van der Waals surface area contributed by atoms with Crippen molar-refractivity contribution >= 4 is 17.9 Å². The van der Waals surface area contributed by atoms with Gasteiger partial charge in [0.05, 0.1) is 30.9 Å². The van der Waals surface area contributed by atoms with Crippen LogP contribution in [-0.2, 0) is 14.6 Å². The van der Waals surface area contributed by atoms with Gasteiger partial charge in [-0.1, -0.05) is 19.6 Å². The summed E-state index contributed by atoms with van der Waals surface area (Å²) in [5, 5.41) is 0. The monoisotopic (exact) mass is 291 g/mol. The summed E-state index contributed by atoms with van der Waals surface area (Å²) in [5.74, 6) is 0. The van der Waals surface area contributed by atoms with Gasteiger partial charge in [-0.25, -0.2) is 8.42 Å². The van der Waals surface area contributed by atoms with E-state index in [0.717, 1.165) is 26.3 Å². The van der Waals surface area contributed by atoms with Gasteiger partial charge in [0.2, 0.25) is 0 Å². The van der Waals surface area contributed by atoms with E-state index in [0.29, 0.717) is 0 Å². The number of rotatable bonds is 2. The zero-order valence-corrected chi connectivity index (χ0v) is 13.9. The van der Waals surface area contributed by atoms with Gasteiger partial charge < -0.3 is 4.74 Å². The second kappa shape index (κ2) is 4.29. The van der Waals surface area contributed by atoms with Crippen molar-refractivity contribution in [3.8, 4) is 0 Å². The van der Waals surface area contributed by atoms with E-state index in [2.05, 4.69) is 24.5 Å². The molecule has 6 heteroatoms. The first-order chi connectivity index (χ1) is 8.10. The van der Waals surface area contributed by atoms with Crippen LogP contribution in [0.2, 0.25) is 19.6 Å². The number of nitrogens with zero attached hydrogens (tertiary/aromatic N) is 1. The maximum absolute atomic E-state index is 12.5. The van der Waals surface area contributed by atoms with Crippen LogP contribution in [0, 0.1) is 0 Å². The molecule has 2 unspecified atom stereocenters. The Morgan fingerprint density at radius 3 is 2.11 bits per heavy atom. The van der Waals surface area contributed by atoms with E-state index in [1.807, 2.05) is 13.8 Å². The Morgan fingerprint density at radius 2 is 1.67 bits per heavy atom. The van der Waals surface area contributed by atoms with Gasteiger partial charge in [0.25, 0.3) is 0 Å². The van der Waals surface area contributed by atoms with Crippen LogP contribution in [0.3, 0.4) is 0 Å². The highest BCUT2D eigenvalue weighted by Crippen LogP contribution is 2.47. The molecule has 2 fully saturated rings. The fourth-order valence-electron chi connectivity index (χ4n) is 3.38. The standard InChI is InChI=1S/C12H25NO3SSi/c1-12(2)10(13-6-8-16-9-7-13)11(17(12,14)15)18(3,4)5/h10-11H,6-9H2,1-5H3. The van der Waals surface area contributed by atoms with Crippen molar-refractivity contribution in [1.82, 2.24) is 4.90 Å². The topological polar surface area (TPSA) is 46.6 Å². The molecule has 4 nitrogen and oxygen atoms in total. The number of sulfone groups is 1. The molecule has 2 aliphatic heterocycles. The van der Waals surface area contributed by atoms with Crippen LogP contribution >= 0.6 is 0 Å². The van der Waals surface area contributed by atoms with E-state index in [1.54, 1.807) is 0 Å². The van der Waals surface area contributed by atoms with E-state index in [9.17, 15) is 8.42 Å². The fraction of sp³-hybridized carbons (Fsp3) is 1.00. The summed E-state index contributed by atoms with van der Waals surface area (Å²) in [4.78, 5) is 2.21. The first-order valence-electron chi connectivity index (χ1n) is 6.65. The maximum atomic E-state index is 12.5. The largest absolute Gasteiger partial charge is 0.379 e. The van der Waals surface area contributed by atoms with E-state index in [1.165, 1.54) is 0 Å². The molecule has 0 spiro atoms. The third kappa shape index (κ3) is 1.97. The summed E-state index contributed by atoms with van der Waals surface area (Å²) in [6, 6.07) is 0.179. The Bertz CT molecular complexity index is 421. The average molecular weight is 291 g/mol. The molecule has 0 aliphatic carbocycles. The van der Waals surface area contributed by atoms with Gasteiger partial charge >= 0.3 is 0 Å². The summed E-state index contributed by atoms with van der Waals surface area (Å²) >= 11 is 0. The van der Waals surface area contributed by atoms with Crippen LogP contribution in [-0.4, -0.2) is 63.4 Å². The highest BCUT2D eigenvalue weighted by atomic mass is 32.2. The third-order valence-electron chi connectivity index (χ3n) is 4.36. The van der Waals surface area contributed by atoms with Crippen LogP contribution in [0.4, 0.5) is 0 Å². The fourth-order valence-corrected chi connectivity index (χ4v) is 11.6. The number of hydrogen-bond donors (Lipinski definition) is 0. The van der Waals surface area contributed by atoms with Gasteiger partial charge in [0, 0.05) is 19.1 Å². The van der Waals surface area contributed by atoms with E-state index >= 15 is 0 Å². The molecule has 0 saturated carbocycles. The van der Waals surface area contributed by atoms with Crippen LogP contribution in [0.25, 0.3) is 0 Å². The average Bonchev–Trinajstić information content (AvgIpc) is 2.24. The minimum absolute atomic E-state index is 0.127. The summed E-state index contributed by atoms with van der Waals surface area (Å²) in [5.41, 5.74) is 0. The Kier molecular flexibility index (Phi) is 3.46. The lowest BCUT2D eigenvalue weighted by molar-refractivity contribution is 0.00615. The lowest BCUT2D eigenvalue weighted by Gasteiger charge is -2.59. The summed E-state index contributed by atoms with van der Waals surface area (Å²) in [6.07, 6.45) is 0. The predicted molar refractivity (Wildman–Crippen MR) is 76.3 cm³/mol. The van der Waals surface area contributed by atoms with Gasteiger partial charge in [-0.2, -0.15) is 0 Å². The van der Waals surface area contributed by atoms with Gasteiger partial charge in [-0.3, -0.25) is 4.90 Å². The molecule has 2 saturated heterocycles. The molecule has 2 atom stereocenters. The SMILES string of the molecule is CC1(C)C(N2CCOCC2)C([Si](C)(C)C)S1(=O)=O. The normalized spacial score (nSPS) is 36.1. The second-order valence-electron chi connectivity index (χ2n) is 7.03. The Balaban J connectivity index is 2.32. The second-order valence-corrected chi connectivity index (χ2v) is 15.5. The molecular formula is C12H25NO3SSi. The third-order valence-corrected chi connectivity index (χ3v) is 12.1. The smallest absolute Gasteiger partial charge is 0.158 e. The van der Waals surface area contributed by atoms with Gasteiger partial charge in [-0.15, -0.1) is 0 Å². The number of morpholine rings is 1. The van der Waals surface area contributed by atoms with E-state index < -0.39 is 22.7 Å². The summed E-state index contributed by atoms with van der Waals surface area (Å²) in [6.45, 7) is 13.5. The quantitative estimate of drug-likeness (QED) is 0.716. The molecule has 18 heavy (non-hydrogen) atoms. The summed E-state index contributed by atoms with van der Waals surface area (Å²) in [7, 11) is -4.69. The molecule has 0 amide bonds. The van der Waals surface area contributed by atoms with Gasteiger partial charge in [0.15, 0.2) is 9.84 Å². The lowest BCUT2D eigenvalue weighted by Crippen LogP contribution is -2.79. The minimum Gasteiger partial charge on any atom is -0.379 e. The number of hydrogen-bond acceptors (Lipinski definition) is 4. The molecule has 0 aromatic carbocycles. The minimum atomic E-state index is -2.98. The molecule has 0 aromatic heterocycles. The molecular weight excluding hydrogens is 266 g/mol. The van der Waals surface area contributed by atoms with Crippen LogP contribution in [0.5, 0.6) is 0 Å². The predicted octanol–water partition coefficient (Wildman–Crippen LogP) is 1.14. The molecule has 0 bridgehead atoms. The van der Waals surface area contributed by atoms with Crippen LogP contribution < -0.4 is 0 Å². The number of ether oxygens (including phenoxy) is 1. The lowest BCUT2D eigenvalue weighted by atomic mass is 10.0.